The van der Waals surface area contributed by atoms with Crippen LogP contribution in [0.2, 0.25) is 0 Å². The molecule has 0 unspecified atom stereocenters. The topological polar surface area (TPSA) is 67.0 Å². The Kier molecular flexibility index (Phi) is 2.95. The van der Waals surface area contributed by atoms with Crippen LogP contribution in [0.25, 0.3) is 0 Å². The normalized spacial score (nSPS) is 21.6. The molecule has 18 heavy (non-hydrogen) atoms. The van der Waals surface area contributed by atoms with Crippen LogP contribution in [0.4, 0.5) is 0 Å². The Hall–Kier alpha value is -1.20. The van der Waals surface area contributed by atoms with Crippen molar-refractivity contribution in [2.24, 2.45) is 0 Å². The Labute approximate surface area is 106 Å². The van der Waals surface area contributed by atoms with Gasteiger partial charge in [0.05, 0.1) is 5.69 Å². The molecule has 1 aromatic rings. The average Bonchev–Trinajstić information content (AvgIpc) is 3.09. The molecule has 2 aliphatic rings. The number of ether oxygens (including phenoxy) is 1. The molecule has 2 N–H and O–H groups in total. The fourth-order valence-electron chi connectivity index (χ4n) is 2.39. The number of nitrogens with one attached hydrogen (secondary N) is 2. The van der Waals surface area contributed by atoms with E-state index in [1.165, 1.54) is 12.8 Å². The van der Waals surface area contributed by atoms with E-state index in [-0.39, 0.29) is 11.2 Å². The molecule has 0 atom stereocenters. The van der Waals surface area contributed by atoms with E-state index >= 15 is 0 Å². The molecule has 0 radical (unpaired) electrons. The first-order valence-electron chi connectivity index (χ1n) is 6.61. The van der Waals surface area contributed by atoms with E-state index in [0.29, 0.717) is 18.4 Å². The van der Waals surface area contributed by atoms with Gasteiger partial charge in [-0.15, -0.1) is 0 Å². The van der Waals surface area contributed by atoms with Crippen molar-refractivity contribution in [3.63, 3.8) is 0 Å². The highest BCUT2D eigenvalue weighted by molar-refractivity contribution is 5.12. The second-order valence-corrected chi connectivity index (χ2v) is 5.29. The Morgan fingerprint density at radius 1 is 1.56 bits per heavy atom. The number of H-pyrrole nitrogens is 1. The molecule has 1 aromatic heterocycles. The van der Waals surface area contributed by atoms with E-state index in [2.05, 4.69) is 15.3 Å². The molecule has 0 aromatic carbocycles. The van der Waals surface area contributed by atoms with Crippen LogP contribution in [0, 0.1) is 0 Å². The van der Waals surface area contributed by atoms with Gasteiger partial charge >= 0.3 is 0 Å². The molecule has 0 aliphatic heterocycles. The smallest absolute Gasteiger partial charge is 0.251 e. The Morgan fingerprint density at radius 2 is 2.33 bits per heavy atom. The monoisotopic (exact) mass is 249 g/mol. The highest BCUT2D eigenvalue weighted by Gasteiger charge is 2.41. The second-order valence-electron chi connectivity index (χ2n) is 5.29. The summed E-state index contributed by atoms with van der Waals surface area (Å²) in [7, 11) is 1.69. The van der Waals surface area contributed by atoms with Crippen molar-refractivity contribution in [1.29, 1.82) is 0 Å². The Morgan fingerprint density at radius 3 is 2.89 bits per heavy atom. The highest BCUT2D eigenvalue weighted by Crippen LogP contribution is 2.42. The van der Waals surface area contributed by atoms with E-state index < -0.39 is 0 Å². The third-order valence-corrected chi connectivity index (χ3v) is 3.93. The molecule has 0 bridgehead atoms. The van der Waals surface area contributed by atoms with E-state index in [0.717, 1.165) is 25.0 Å². The van der Waals surface area contributed by atoms with Gasteiger partial charge in [-0.05, 0) is 32.1 Å². The van der Waals surface area contributed by atoms with E-state index in [1.807, 2.05) is 0 Å². The standard InChI is InChI=1S/C13H19N3O2/c1-18-13(5-2-6-13)12-15-10(7-11(17)16-12)8-14-9-3-4-9/h7,9,14H,2-6,8H2,1H3,(H,15,16,17). The summed E-state index contributed by atoms with van der Waals surface area (Å²) in [6.07, 6.45) is 5.47. The fraction of sp³-hybridized carbons (Fsp3) is 0.692. The fourth-order valence-corrected chi connectivity index (χ4v) is 2.39. The molecule has 2 aliphatic carbocycles. The van der Waals surface area contributed by atoms with Crippen LogP contribution in [0.15, 0.2) is 10.9 Å². The van der Waals surface area contributed by atoms with Gasteiger partial charge in [0.25, 0.3) is 5.56 Å². The molecule has 5 heteroatoms. The molecular formula is C13H19N3O2. The van der Waals surface area contributed by atoms with Crippen LogP contribution in [0.5, 0.6) is 0 Å². The number of hydrogen-bond acceptors (Lipinski definition) is 4. The number of rotatable bonds is 5. The quantitative estimate of drug-likeness (QED) is 0.818. The zero-order chi connectivity index (χ0) is 12.6. The summed E-state index contributed by atoms with van der Waals surface area (Å²) < 4.78 is 5.55. The minimum absolute atomic E-state index is 0.0871. The molecular weight excluding hydrogens is 230 g/mol. The van der Waals surface area contributed by atoms with Crippen molar-refractivity contribution < 1.29 is 4.74 Å². The van der Waals surface area contributed by atoms with Crippen LogP contribution in [-0.4, -0.2) is 23.1 Å². The molecule has 0 saturated heterocycles. The summed E-state index contributed by atoms with van der Waals surface area (Å²) in [6, 6.07) is 2.19. The summed E-state index contributed by atoms with van der Waals surface area (Å²) in [6.45, 7) is 0.668. The molecule has 1 heterocycles. The zero-order valence-corrected chi connectivity index (χ0v) is 10.7. The van der Waals surface area contributed by atoms with Crippen LogP contribution >= 0.6 is 0 Å². The van der Waals surface area contributed by atoms with Gasteiger partial charge < -0.3 is 15.0 Å². The SMILES string of the molecule is COC1(c2nc(CNC3CC3)cc(=O)[nH]2)CCC1. The first-order valence-corrected chi connectivity index (χ1v) is 6.61. The van der Waals surface area contributed by atoms with E-state index in [9.17, 15) is 4.79 Å². The molecule has 2 fully saturated rings. The third-order valence-electron chi connectivity index (χ3n) is 3.93. The lowest BCUT2D eigenvalue weighted by Gasteiger charge is -2.39. The zero-order valence-electron chi connectivity index (χ0n) is 10.7. The van der Waals surface area contributed by atoms with Gasteiger partial charge in [0.2, 0.25) is 0 Å². The van der Waals surface area contributed by atoms with Gasteiger partial charge in [-0.1, -0.05) is 0 Å². The van der Waals surface area contributed by atoms with Crippen molar-refractivity contribution in [3.8, 4) is 0 Å². The number of methoxy groups -OCH3 is 1. The predicted octanol–water partition coefficient (Wildman–Crippen LogP) is 1.05. The molecule has 5 nitrogen and oxygen atoms in total. The predicted molar refractivity (Wildman–Crippen MR) is 67.3 cm³/mol. The minimum atomic E-state index is -0.352. The maximum Gasteiger partial charge on any atom is 0.251 e. The van der Waals surface area contributed by atoms with Crippen molar-refractivity contribution >= 4 is 0 Å². The van der Waals surface area contributed by atoms with Crippen molar-refractivity contribution in [3.05, 3.63) is 27.9 Å². The largest absolute Gasteiger partial charge is 0.370 e. The van der Waals surface area contributed by atoms with Crippen LogP contribution in [0.3, 0.4) is 0 Å². The van der Waals surface area contributed by atoms with Crippen LogP contribution in [-0.2, 0) is 16.9 Å². The van der Waals surface area contributed by atoms with Gasteiger partial charge in [0.1, 0.15) is 11.4 Å². The van der Waals surface area contributed by atoms with Crippen molar-refractivity contribution in [1.82, 2.24) is 15.3 Å². The number of nitrogens with zero attached hydrogens (tertiary/aromatic N) is 1. The van der Waals surface area contributed by atoms with Gasteiger partial charge in [-0.2, -0.15) is 0 Å². The summed E-state index contributed by atoms with van der Waals surface area (Å²) in [5.41, 5.74) is 0.370. The summed E-state index contributed by atoms with van der Waals surface area (Å²) in [5, 5.41) is 3.38. The summed E-state index contributed by atoms with van der Waals surface area (Å²) in [5.74, 6) is 0.691. The third kappa shape index (κ3) is 2.20. The number of aromatic amines is 1. The summed E-state index contributed by atoms with van der Waals surface area (Å²) in [4.78, 5) is 19.1. The first-order chi connectivity index (χ1) is 8.72. The molecule has 98 valence electrons. The lowest BCUT2D eigenvalue weighted by atomic mass is 9.79. The second kappa shape index (κ2) is 4.48. The van der Waals surface area contributed by atoms with Crippen molar-refractivity contribution in [2.45, 2.75) is 50.3 Å². The molecule has 0 amide bonds. The number of hydrogen-bond donors (Lipinski definition) is 2. The summed E-state index contributed by atoms with van der Waals surface area (Å²) >= 11 is 0. The number of aromatic nitrogens is 2. The molecule has 2 saturated carbocycles. The Balaban J connectivity index is 1.82. The van der Waals surface area contributed by atoms with Gasteiger partial charge in [-0.3, -0.25) is 4.79 Å². The molecule has 3 rings (SSSR count). The average molecular weight is 249 g/mol. The van der Waals surface area contributed by atoms with Gasteiger partial charge in [0.15, 0.2) is 0 Å². The molecule has 0 spiro atoms. The van der Waals surface area contributed by atoms with E-state index in [1.54, 1.807) is 13.2 Å². The van der Waals surface area contributed by atoms with Gasteiger partial charge in [-0.25, -0.2) is 4.98 Å². The highest BCUT2D eigenvalue weighted by atomic mass is 16.5. The van der Waals surface area contributed by atoms with Crippen molar-refractivity contribution in [2.75, 3.05) is 7.11 Å². The van der Waals surface area contributed by atoms with Crippen LogP contribution < -0.4 is 10.9 Å². The first kappa shape index (κ1) is 11.9. The van der Waals surface area contributed by atoms with Gasteiger partial charge in [0, 0.05) is 25.8 Å². The van der Waals surface area contributed by atoms with Crippen LogP contribution in [0.1, 0.15) is 43.6 Å². The lowest BCUT2D eigenvalue weighted by molar-refractivity contribution is -0.0849. The maximum atomic E-state index is 11.7. The Bertz CT molecular complexity index is 484. The van der Waals surface area contributed by atoms with E-state index in [4.69, 9.17) is 4.74 Å². The maximum absolute atomic E-state index is 11.7. The lowest BCUT2D eigenvalue weighted by Crippen LogP contribution is -2.39. The minimum Gasteiger partial charge on any atom is -0.370 e.